The Morgan fingerprint density at radius 3 is 2.38 bits per heavy atom. The highest BCUT2D eigenvalue weighted by Gasteiger charge is 2.66. The van der Waals surface area contributed by atoms with Crippen LogP contribution in [-0.2, 0) is 14.3 Å². The van der Waals surface area contributed by atoms with Crippen molar-refractivity contribution in [1.29, 1.82) is 0 Å². The Bertz CT molecular complexity index is 1190. The molecule has 0 unspecified atom stereocenters. The zero-order valence-corrected chi connectivity index (χ0v) is 23.7. The Labute approximate surface area is 233 Å². The lowest BCUT2D eigenvalue weighted by Gasteiger charge is -2.47. The van der Waals surface area contributed by atoms with Crippen molar-refractivity contribution >= 4 is 46.8 Å². The van der Waals surface area contributed by atoms with Crippen molar-refractivity contribution in [2.45, 2.75) is 69.6 Å². The second kappa shape index (κ2) is 10.6. The Morgan fingerprint density at radius 2 is 1.78 bits per heavy atom. The topological polar surface area (TPSA) is 55.8 Å². The Morgan fingerprint density at radius 1 is 1.14 bits per heavy atom. The molecule has 2 fully saturated rings. The third-order valence-electron chi connectivity index (χ3n) is 7.36. The number of amides is 2. The number of rotatable bonds is 5. The fourth-order valence-electron chi connectivity index (χ4n) is 6.02. The number of ether oxygens (including phenoxy) is 2. The molecular weight excluding hydrogens is 533 g/mol. The van der Waals surface area contributed by atoms with Crippen molar-refractivity contribution in [2.75, 3.05) is 6.61 Å². The minimum atomic E-state index is -1.22. The van der Waals surface area contributed by atoms with Crippen molar-refractivity contribution in [2.24, 2.45) is 5.92 Å². The summed E-state index contributed by atoms with van der Waals surface area (Å²) in [5.74, 6) is -1.01. The highest BCUT2D eigenvalue weighted by Crippen LogP contribution is 2.59. The van der Waals surface area contributed by atoms with Crippen LogP contribution in [0.25, 0.3) is 0 Å². The van der Waals surface area contributed by atoms with Crippen LogP contribution >= 0.6 is 34.8 Å². The van der Waals surface area contributed by atoms with Gasteiger partial charge in [0.15, 0.2) is 5.60 Å². The minimum Gasteiger partial charge on any atom is -0.443 e. The lowest BCUT2D eigenvalue weighted by molar-refractivity contribution is -0.156. The average molecular weight is 565 g/mol. The highest BCUT2D eigenvalue weighted by molar-refractivity contribution is 6.35. The number of hydrogen-bond donors (Lipinski definition) is 0. The quantitative estimate of drug-likeness (QED) is 0.345. The number of imide groups is 1. The maximum absolute atomic E-state index is 14.1. The molecule has 1 aliphatic carbocycles. The number of fused-ring (bicyclic) bond motifs is 1. The number of halogens is 3. The molecule has 4 rings (SSSR count). The molecule has 1 saturated carbocycles. The van der Waals surface area contributed by atoms with Gasteiger partial charge < -0.3 is 9.47 Å². The first-order valence-electron chi connectivity index (χ1n) is 12.4. The van der Waals surface area contributed by atoms with E-state index >= 15 is 0 Å². The summed E-state index contributed by atoms with van der Waals surface area (Å²) in [4.78, 5) is 28.7. The van der Waals surface area contributed by atoms with Crippen LogP contribution in [0.2, 0.25) is 15.1 Å². The Balaban J connectivity index is 1.88. The summed E-state index contributed by atoms with van der Waals surface area (Å²) in [5, 5.41) is 1.73. The van der Waals surface area contributed by atoms with Crippen molar-refractivity contribution in [3.8, 4) is 0 Å². The number of benzene rings is 2. The molecule has 0 bridgehead atoms. The summed E-state index contributed by atoms with van der Waals surface area (Å²) in [5.41, 5.74) is -0.0415. The fourth-order valence-corrected chi connectivity index (χ4v) is 6.69. The summed E-state index contributed by atoms with van der Waals surface area (Å²) >= 11 is 19.2. The van der Waals surface area contributed by atoms with Gasteiger partial charge in [-0.2, -0.15) is 0 Å². The molecule has 37 heavy (non-hydrogen) atoms. The molecule has 1 heterocycles. The molecule has 0 aromatic heterocycles. The molecule has 8 heteroatoms. The molecule has 0 N–H and O–H groups in total. The summed E-state index contributed by atoms with van der Waals surface area (Å²) in [6.45, 7) is 11.2. The molecule has 0 spiro atoms. The van der Waals surface area contributed by atoms with E-state index in [1.165, 1.54) is 4.90 Å². The normalized spacial score (nSPS) is 27.6. The number of hydrogen-bond acceptors (Lipinski definition) is 4. The fraction of sp³-hybridized carbons (Fsp3) is 0.448. The summed E-state index contributed by atoms with van der Waals surface area (Å²) < 4.78 is 12.0. The summed E-state index contributed by atoms with van der Waals surface area (Å²) in [6, 6.07) is 12.6. The predicted octanol–water partition coefficient (Wildman–Crippen LogP) is 8.03. The van der Waals surface area contributed by atoms with Gasteiger partial charge in [0.1, 0.15) is 5.60 Å². The Hall–Kier alpha value is -2.05. The molecular formula is C29H32Cl3NO4. The van der Waals surface area contributed by atoms with E-state index < -0.39 is 23.3 Å². The molecule has 5 nitrogen and oxygen atoms in total. The van der Waals surface area contributed by atoms with Crippen LogP contribution in [-0.4, -0.2) is 40.8 Å². The summed E-state index contributed by atoms with van der Waals surface area (Å²) in [6.07, 6.45) is 1.99. The zero-order chi connectivity index (χ0) is 27.1. The number of nitrogens with zero attached hydrogens (tertiary/aromatic N) is 1. The van der Waals surface area contributed by atoms with Crippen molar-refractivity contribution in [1.82, 2.24) is 4.90 Å². The maximum Gasteiger partial charge on any atom is 0.417 e. The van der Waals surface area contributed by atoms with E-state index in [2.05, 4.69) is 6.58 Å². The van der Waals surface area contributed by atoms with Gasteiger partial charge >= 0.3 is 6.09 Å². The van der Waals surface area contributed by atoms with Gasteiger partial charge in [-0.15, -0.1) is 6.58 Å². The van der Waals surface area contributed by atoms with Gasteiger partial charge in [0, 0.05) is 27.0 Å². The van der Waals surface area contributed by atoms with Crippen LogP contribution in [0.4, 0.5) is 4.79 Å². The van der Waals surface area contributed by atoms with Crippen LogP contribution < -0.4 is 0 Å². The SMILES string of the molecule is C=CCO[C@@]12CC[C@@H](c3ccc(Cl)cc3Cl)[C@H](c3ccc(Cl)cc3)[C@@H]1[C@H](C)N(C(=O)OC(C)(C)C)C2=O. The van der Waals surface area contributed by atoms with Gasteiger partial charge in [-0.05, 0) is 87.8 Å². The lowest BCUT2D eigenvalue weighted by atomic mass is 9.59. The first-order valence-corrected chi connectivity index (χ1v) is 13.5. The van der Waals surface area contributed by atoms with Gasteiger partial charge in [0.05, 0.1) is 6.61 Å². The van der Waals surface area contributed by atoms with Gasteiger partial charge in [-0.1, -0.05) is 59.1 Å². The van der Waals surface area contributed by atoms with E-state index in [-0.39, 0.29) is 30.3 Å². The van der Waals surface area contributed by atoms with Crippen LogP contribution in [0.15, 0.2) is 55.1 Å². The van der Waals surface area contributed by atoms with Gasteiger partial charge in [-0.3, -0.25) is 4.79 Å². The number of carbonyl (C=O) groups excluding carboxylic acids is 2. The van der Waals surface area contributed by atoms with Crippen molar-refractivity contribution < 1.29 is 19.1 Å². The minimum absolute atomic E-state index is 0.0507. The largest absolute Gasteiger partial charge is 0.443 e. The summed E-state index contributed by atoms with van der Waals surface area (Å²) in [7, 11) is 0. The number of carbonyl (C=O) groups is 2. The van der Waals surface area contributed by atoms with Gasteiger partial charge in [-0.25, -0.2) is 9.69 Å². The average Bonchev–Trinajstić information content (AvgIpc) is 3.03. The monoisotopic (exact) mass is 563 g/mol. The van der Waals surface area contributed by atoms with E-state index in [1.807, 2.05) is 43.3 Å². The standard InChI is InChI=1S/C29H32Cl3NO4/c1-6-15-36-29-14-13-22(21-12-11-20(31)16-23(21)32)24(18-7-9-19(30)10-8-18)25(29)17(2)33(26(29)34)27(35)37-28(3,4)5/h6-12,16-17,22,24-25H,1,13-15H2,2-5H3/t17-,22-,24-,25-,29-/m0/s1. The van der Waals surface area contributed by atoms with Gasteiger partial charge in [0.25, 0.3) is 5.91 Å². The van der Waals surface area contributed by atoms with Crippen LogP contribution in [0.3, 0.4) is 0 Å². The van der Waals surface area contributed by atoms with Gasteiger partial charge in [0.2, 0.25) is 0 Å². The van der Waals surface area contributed by atoms with Crippen LogP contribution in [0.5, 0.6) is 0 Å². The predicted molar refractivity (Wildman–Crippen MR) is 148 cm³/mol. The third-order valence-corrected chi connectivity index (χ3v) is 8.17. The van der Waals surface area contributed by atoms with E-state index in [1.54, 1.807) is 32.9 Å². The van der Waals surface area contributed by atoms with Crippen LogP contribution in [0.1, 0.15) is 63.5 Å². The molecule has 198 valence electrons. The second-order valence-corrected chi connectivity index (χ2v) is 12.1. The highest BCUT2D eigenvalue weighted by atomic mass is 35.5. The van der Waals surface area contributed by atoms with Crippen molar-refractivity contribution in [3.05, 3.63) is 81.3 Å². The first-order chi connectivity index (χ1) is 17.4. The number of likely N-dealkylation sites (tertiary alicyclic amines) is 1. The Kier molecular flexibility index (Phi) is 8.02. The molecule has 5 atom stereocenters. The first kappa shape index (κ1) is 28.0. The van der Waals surface area contributed by atoms with E-state index in [9.17, 15) is 9.59 Å². The van der Waals surface area contributed by atoms with Crippen molar-refractivity contribution in [3.63, 3.8) is 0 Å². The molecule has 2 aliphatic rings. The molecule has 0 radical (unpaired) electrons. The molecule has 1 aliphatic heterocycles. The molecule has 2 amide bonds. The molecule has 1 saturated heterocycles. The zero-order valence-electron chi connectivity index (χ0n) is 21.5. The smallest absolute Gasteiger partial charge is 0.417 e. The second-order valence-electron chi connectivity index (χ2n) is 10.8. The van der Waals surface area contributed by atoms with E-state index in [4.69, 9.17) is 44.3 Å². The molecule has 2 aromatic carbocycles. The third kappa shape index (κ3) is 5.29. The maximum atomic E-state index is 14.1. The van der Waals surface area contributed by atoms with E-state index in [0.717, 1.165) is 11.1 Å². The lowest BCUT2D eigenvalue weighted by Crippen LogP contribution is -2.52. The van der Waals surface area contributed by atoms with E-state index in [0.29, 0.717) is 27.9 Å². The van der Waals surface area contributed by atoms with Crippen LogP contribution in [0, 0.1) is 5.92 Å². The molecule has 2 aromatic rings.